The zero-order chi connectivity index (χ0) is 21.5. The van der Waals surface area contributed by atoms with E-state index >= 15 is 0 Å². The summed E-state index contributed by atoms with van der Waals surface area (Å²) in [5.74, 6) is -2.53. The van der Waals surface area contributed by atoms with Crippen LogP contribution in [0.5, 0.6) is 0 Å². The molecule has 1 aliphatic heterocycles. The number of imide groups is 1. The number of halogens is 2. The molecule has 7 rings (SSSR count). The summed E-state index contributed by atoms with van der Waals surface area (Å²) in [4.78, 5) is 41.6. The van der Waals surface area contributed by atoms with Crippen molar-refractivity contribution in [2.45, 2.75) is 11.3 Å². The van der Waals surface area contributed by atoms with E-state index in [4.69, 9.17) is 23.2 Å². The number of amides is 2. The van der Waals surface area contributed by atoms with Gasteiger partial charge in [0.1, 0.15) is 6.29 Å². The van der Waals surface area contributed by atoms with Crippen LogP contribution < -0.4 is 4.90 Å². The Morgan fingerprint density at radius 2 is 1.45 bits per heavy atom. The van der Waals surface area contributed by atoms with Gasteiger partial charge in [-0.2, -0.15) is 0 Å². The summed E-state index contributed by atoms with van der Waals surface area (Å²) in [6.07, 6.45) is 0.857. The molecule has 0 radical (unpaired) electrons. The summed E-state index contributed by atoms with van der Waals surface area (Å²) in [5.41, 5.74) is 2.55. The van der Waals surface area contributed by atoms with Gasteiger partial charge in [0.2, 0.25) is 11.8 Å². The van der Waals surface area contributed by atoms with Gasteiger partial charge >= 0.3 is 0 Å². The van der Waals surface area contributed by atoms with Gasteiger partial charge in [0.05, 0.1) is 28.0 Å². The fourth-order valence-electron chi connectivity index (χ4n) is 5.93. The van der Waals surface area contributed by atoms with Gasteiger partial charge in [-0.15, -0.1) is 0 Å². The molecule has 2 amide bonds. The third-order valence-corrected chi connectivity index (χ3v) is 7.56. The predicted octanol–water partition coefficient (Wildman–Crippen LogP) is 4.74. The smallest absolute Gasteiger partial charge is 0.239 e. The van der Waals surface area contributed by atoms with Crippen LogP contribution in [0.1, 0.15) is 28.2 Å². The lowest BCUT2D eigenvalue weighted by atomic mass is 9.48. The lowest BCUT2D eigenvalue weighted by Crippen LogP contribution is -2.54. The van der Waals surface area contributed by atoms with Gasteiger partial charge in [0.15, 0.2) is 0 Å². The van der Waals surface area contributed by atoms with Gasteiger partial charge in [-0.25, -0.2) is 4.90 Å². The minimum absolute atomic E-state index is 0.218. The van der Waals surface area contributed by atoms with Crippen LogP contribution in [0.3, 0.4) is 0 Å². The van der Waals surface area contributed by atoms with Crippen molar-refractivity contribution >= 4 is 47.0 Å². The van der Waals surface area contributed by atoms with E-state index in [1.54, 1.807) is 12.1 Å². The van der Waals surface area contributed by atoms with Gasteiger partial charge in [-0.05, 0) is 40.5 Å². The van der Waals surface area contributed by atoms with Crippen molar-refractivity contribution in [2.75, 3.05) is 4.90 Å². The van der Waals surface area contributed by atoms with E-state index in [0.717, 1.165) is 33.4 Å². The number of aldehydes is 1. The van der Waals surface area contributed by atoms with Crippen LogP contribution in [0.2, 0.25) is 10.0 Å². The molecule has 0 aromatic heterocycles. The first-order valence-corrected chi connectivity index (χ1v) is 10.7. The number of carbonyl (C=O) groups excluding carboxylic acids is 3. The van der Waals surface area contributed by atoms with Crippen LogP contribution >= 0.6 is 23.2 Å². The molecule has 1 saturated heterocycles. The standard InChI is InChI=1S/C25H15Cl2NO3/c26-13-9-10-19(18(27)11-13)28-23(30)21-20-14-5-1-3-7-16(14)25(12-29,22(21)24(28)31)17-8-4-2-6-15(17)20/h1-12,20-22H/t20?,21-,22+,25?/m1/s1. The summed E-state index contributed by atoms with van der Waals surface area (Å²) in [6.45, 7) is 0. The average molecular weight is 448 g/mol. The number of nitrogens with zero attached hydrogens (tertiary/aromatic N) is 1. The Hall–Kier alpha value is -2.95. The van der Waals surface area contributed by atoms with Crippen molar-refractivity contribution in [1.82, 2.24) is 0 Å². The highest BCUT2D eigenvalue weighted by atomic mass is 35.5. The lowest BCUT2D eigenvalue weighted by molar-refractivity contribution is -0.128. The monoisotopic (exact) mass is 447 g/mol. The maximum absolute atomic E-state index is 13.8. The first-order chi connectivity index (χ1) is 15.0. The second kappa shape index (κ2) is 6.28. The Morgan fingerprint density at radius 3 is 2.03 bits per heavy atom. The number of hydrogen-bond acceptors (Lipinski definition) is 3. The van der Waals surface area contributed by atoms with Crippen LogP contribution in [0.25, 0.3) is 0 Å². The molecule has 6 heteroatoms. The number of benzene rings is 3. The molecule has 3 aromatic rings. The molecule has 4 aliphatic rings. The zero-order valence-electron chi connectivity index (χ0n) is 16.1. The molecule has 2 bridgehead atoms. The van der Waals surface area contributed by atoms with Crippen LogP contribution in [-0.4, -0.2) is 18.1 Å². The van der Waals surface area contributed by atoms with Gasteiger partial charge in [-0.1, -0.05) is 71.7 Å². The van der Waals surface area contributed by atoms with Gasteiger partial charge in [-0.3, -0.25) is 9.59 Å². The summed E-state index contributed by atoms with van der Waals surface area (Å²) in [6, 6.07) is 20.0. The van der Waals surface area contributed by atoms with Crippen molar-refractivity contribution in [3.63, 3.8) is 0 Å². The number of carbonyl (C=O) groups is 3. The van der Waals surface area contributed by atoms with E-state index in [2.05, 4.69) is 0 Å². The Balaban J connectivity index is 1.65. The molecule has 3 aliphatic carbocycles. The lowest BCUT2D eigenvalue weighted by Gasteiger charge is -2.51. The first-order valence-electron chi connectivity index (χ1n) is 9.98. The molecule has 0 unspecified atom stereocenters. The molecule has 3 aromatic carbocycles. The summed E-state index contributed by atoms with van der Waals surface area (Å²) >= 11 is 12.4. The second-order valence-corrected chi connectivity index (χ2v) is 9.09. The Morgan fingerprint density at radius 1 is 0.839 bits per heavy atom. The number of rotatable bonds is 2. The van der Waals surface area contributed by atoms with E-state index in [-0.39, 0.29) is 16.8 Å². The average Bonchev–Trinajstić information content (AvgIpc) is 3.05. The van der Waals surface area contributed by atoms with Gasteiger partial charge in [0, 0.05) is 10.9 Å². The van der Waals surface area contributed by atoms with E-state index in [1.807, 2.05) is 48.5 Å². The zero-order valence-corrected chi connectivity index (χ0v) is 17.6. The van der Waals surface area contributed by atoms with Crippen molar-refractivity contribution in [1.29, 1.82) is 0 Å². The van der Waals surface area contributed by atoms with Crippen molar-refractivity contribution in [2.24, 2.45) is 11.8 Å². The normalized spacial score (nSPS) is 27.7. The topological polar surface area (TPSA) is 54.5 Å². The SMILES string of the molecule is O=CC12c3ccccc3C(c3ccccc31)[C@H]1C(=O)N(c3ccc(Cl)cc3Cl)C(=O)[C@H]12. The van der Waals surface area contributed by atoms with Crippen LogP contribution in [0, 0.1) is 11.8 Å². The van der Waals surface area contributed by atoms with Crippen LogP contribution in [0.15, 0.2) is 66.7 Å². The van der Waals surface area contributed by atoms with Crippen molar-refractivity contribution in [3.8, 4) is 0 Å². The van der Waals surface area contributed by atoms with Crippen molar-refractivity contribution < 1.29 is 14.4 Å². The van der Waals surface area contributed by atoms with Gasteiger partial charge in [0.25, 0.3) is 0 Å². The summed E-state index contributed by atoms with van der Waals surface area (Å²) in [7, 11) is 0. The van der Waals surface area contributed by atoms with Crippen LogP contribution in [-0.2, 0) is 19.8 Å². The minimum Gasteiger partial charge on any atom is -0.302 e. The Labute approximate surface area is 188 Å². The fraction of sp³-hybridized carbons (Fsp3) is 0.160. The molecule has 1 fully saturated rings. The largest absolute Gasteiger partial charge is 0.302 e. The maximum atomic E-state index is 13.8. The molecule has 2 atom stereocenters. The van der Waals surface area contributed by atoms with E-state index in [9.17, 15) is 14.4 Å². The molecule has 0 spiro atoms. The fourth-order valence-corrected chi connectivity index (χ4v) is 6.42. The number of anilines is 1. The van der Waals surface area contributed by atoms with Crippen LogP contribution in [0.4, 0.5) is 5.69 Å². The second-order valence-electron chi connectivity index (χ2n) is 8.25. The molecule has 0 N–H and O–H groups in total. The highest BCUT2D eigenvalue weighted by molar-refractivity contribution is 6.38. The molecule has 152 valence electrons. The Kier molecular flexibility index (Phi) is 3.81. The maximum Gasteiger partial charge on any atom is 0.239 e. The molecule has 0 saturated carbocycles. The molecule has 1 heterocycles. The molecular formula is C25H15Cl2NO3. The summed E-state index contributed by atoms with van der Waals surface area (Å²) in [5, 5.41) is 0.630. The van der Waals surface area contributed by atoms with Gasteiger partial charge < -0.3 is 4.79 Å². The summed E-state index contributed by atoms with van der Waals surface area (Å²) < 4.78 is 0. The first kappa shape index (κ1) is 18.8. The highest BCUT2D eigenvalue weighted by Gasteiger charge is 2.68. The third-order valence-electron chi connectivity index (χ3n) is 7.02. The minimum atomic E-state index is -1.22. The Bertz CT molecular complexity index is 1270. The van der Waals surface area contributed by atoms with E-state index in [1.165, 1.54) is 6.07 Å². The van der Waals surface area contributed by atoms with Crippen molar-refractivity contribution in [3.05, 3.63) is 99.0 Å². The van der Waals surface area contributed by atoms with E-state index < -0.39 is 23.2 Å². The quantitative estimate of drug-likeness (QED) is 0.420. The predicted molar refractivity (Wildman–Crippen MR) is 118 cm³/mol. The third kappa shape index (κ3) is 2.14. The number of hydrogen-bond donors (Lipinski definition) is 0. The molecular weight excluding hydrogens is 433 g/mol. The molecule has 31 heavy (non-hydrogen) atoms. The highest BCUT2D eigenvalue weighted by Crippen LogP contribution is 2.63. The van der Waals surface area contributed by atoms with E-state index in [0.29, 0.717) is 10.7 Å². The molecule has 4 nitrogen and oxygen atoms in total.